The number of anilines is 2. The molecule has 1 saturated carbocycles. The Bertz CT molecular complexity index is 631. The molecule has 0 radical (unpaired) electrons. The monoisotopic (exact) mass is 412 g/mol. The minimum Gasteiger partial charge on any atom is -0.340 e. The van der Waals surface area contributed by atoms with Crippen molar-refractivity contribution in [3.63, 3.8) is 0 Å². The summed E-state index contributed by atoms with van der Waals surface area (Å²) in [7, 11) is 0. The molecule has 1 saturated heterocycles. The number of amides is 1. The van der Waals surface area contributed by atoms with Gasteiger partial charge in [0.05, 0.1) is 5.69 Å². The summed E-state index contributed by atoms with van der Waals surface area (Å²) in [5.41, 5.74) is 2.43. The van der Waals surface area contributed by atoms with Crippen LogP contribution in [-0.4, -0.2) is 46.2 Å². The van der Waals surface area contributed by atoms with Crippen LogP contribution < -0.4 is 9.80 Å². The summed E-state index contributed by atoms with van der Waals surface area (Å²) in [4.78, 5) is 22.0. The van der Waals surface area contributed by atoms with E-state index in [0.29, 0.717) is 5.41 Å². The van der Waals surface area contributed by atoms with E-state index in [-0.39, 0.29) is 11.9 Å². The maximum Gasteiger partial charge on any atom is 0.251 e. The van der Waals surface area contributed by atoms with Crippen LogP contribution in [0.4, 0.5) is 11.5 Å². The van der Waals surface area contributed by atoms with Crippen LogP contribution in [0.2, 0.25) is 0 Å². The van der Waals surface area contributed by atoms with E-state index in [2.05, 4.69) is 48.9 Å². The van der Waals surface area contributed by atoms with E-state index in [9.17, 15) is 4.79 Å². The molecule has 3 heterocycles. The summed E-state index contributed by atoms with van der Waals surface area (Å²) in [6.07, 6.45) is 4.36. The number of aryl methyl sites for hydroxylation is 1. The van der Waals surface area contributed by atoms with Gasteiger partial charge in [0, 0.05) is 55.2 Å². The van der Waals surface area contributed by atoms with Crippen LogP contribution in [0.3, 0.4) is 0 Å². The van der Waals surface area contributed by atoms with E-state index in [1.807, 2.05) is 18.0 Å². The largest absolute Gasteiger partial charge is 0.340 e. The molecule has 6 heteroatoms. The van der Waals surface area contributed by atoms with Gasteiger partial charge in [-0.25, -0.2) is 8.10 Å². The van der Waals surface area contributed by atoms with Gasteiger partial charge in [-0.1, -0.05) is 6.92 Å². The zero-order valence-corrected chi connectivity index (χ0v) is 15.2. The third-order valence-electron chi connectivity index (χ3n) is 5.07. The van der Waals surface area contributed by atoms with Gasteiger partial charge in [0.25, 0.3) is 5.91 Å². The third-order valence-corrected chi connectivity index (χ3v) is 5.95. The van der Waals surface area contributed by atoms with Crippen LogP contribution in [0.25, 0.3) is 0 Å². The number of pyridine rings is 1. The molecular weight excluding hydrogens is 391 g/mol. The summed E-state index contributed by atoms with van der Waals surface area (Å²) >= 11 is 2.32. The van der Waals surface area contributed by atoms with Crippen molar-refractivity contribution in [2.45, 2.75) is 32.7 Å². The molecule has 0 unspecified atom stereocenters. The van der Waals surface area contributed by atoms with Gasteiger partial charge in [-0.05, 0) is 36.8 Å². The number of hydrogen-bond donors (Lipinski definition) is 0. The lowest BCUT2D eigenvalue weighted by Crippen LogP contribution is -2.62. The predicted octanol–water partition coefficient (Wildman–Crippen LogP) is 2.38. The van der Waals surface area contributed by atoms with Crippen LogP contribution >= 0.6 is 22.9 Å². The number of hydrogen-bond acceptors (Lipinski definition) is 4. The fraction of sp³-hybridized carbons (Fsp3) is 0.625. The highest BCUT2D eigenvalue weighted by molar-refractivity contribution is 14.1. The van der Waals surface area contributed by atoms with Crippen LogP contribution in [-0.2, 0) is 4.79 Å². The van der Waals surface area contributed by atoms with E-state index >= 15 is 0 Å². The summed E-state index contributed by atoms with van der Waals surface area (Å²) in [5.74, 6) is 1.23. The molecule has 0 spiro atoms. The van der Waals surface area contributed by atoms with E-state index in [4.69, 9.17) is 0 Å². The van der Waals surface area contributed by atoms with Crippen molar-refractivity contribution in [3.8, 4) is 0 Å². The quantitative estimate of drug-likeness (QED) is 0.553. The molecular formula is C16H21IN4O. The molecule has 22 heavy (non-hydrogen) atoms. The lowest BCUT2D eigenvalue weighted by atomic mass is 10.0. The SMILES string of the molecule is Cc1cnc2c(c1)N(CC1(C)CC1)C(=O)[C@H]1CN(I)CCN21. The Morgan fingerprint density at radius 1 is 1.41 bits per heavy atom. The van der Waals surface area contributed by atoms with Gasteiger partial charge < -0.3 is 9.80 Å². The molecule has 2 aliphatic heterocycles. The van der Waals surface area contributed by atoms with E-state index in [0.717, 1.165) is 43.2 Å². The first-order valence-corrected chi connectivity index (χ1v) is 8.89. The smallest absolute Gasteiger partial charge is 0.251 e. The highest BCUT2D eigenvalue weighted by Crippen LogP contribution is 2.48. The Morgan fingerprint density at radius 2 is 2.18 bits per heavy atom. The Labute approximate surface area is 145 Å². The summed E-state index contributed by atoms with van der Waals surface area (Å²) in [5, 5.41) is 0. The summed E-state index contributed by atoms with van der Waals surface area (Å²) < 4.78 is 2.22. The first-order chi connectivity index (χ1) is 10.5. The normalized spacial score (nSPS) is 26.7. The molecule has 1 atom stereocenters. The zero-order chi connectivity index (χ0) is 15.5. The molecule has 0 bridgehead atoms. The van der Waals surface area contributed by atoms with Gasteiger partial charge >= 0.3 is 0 Å². The Kier molecular flexibility index (Phi) is 3.38. The van der Waals surface area contributed by atoms with Gasteiger partial charge in [0.2, 0.25) is 0 Å². The second-order valence-corrected chi connectivity index (χ2v) is 8.53. The van der Waals surface area contributed by atoms with Gasteiger partial charge in [0.15, 0.2) is 5.82 Å². The number of fused-ring (bicyclic) bond motifs is 3. The topological polar surface area (TPSA) is 39.7 Å². The van der Waals surface area contributed by atoms with Crippen LogP contribution in [0.5, 0.6) is 0 Å². The summed E-state index contributed by atoms with van der Waals surface area (Å²) in [6, 6.07) is 2.04. The van der Waals surface area contributed by atoms with Gasteiger partial charge in [-0.15, -0.1) is 0 Å². The first-order valence-electron chi connectivity index (χ1n) is 7.92. The van der Waals surface area contributed by atoms with E-state index in [1.54, 1.807) is 0 Å². The zero-order valence-electron chi connectivity index (χ0n) is 13.0. The minimum absolute atomic E-state index is 0.0873. The fourth-order valence-corrected chi connectivity index (χ4v) is 3.98. The van der Waals surface area contributed by atoms with Gasteiger partial charge in [-0.2, -0.15) is 0 Å². The molecule has 3 aliphatic rings. The number of rotatable bonds is 2. The van der Waals surface area contributed by atoms with Gasteiger partial charge in [0.1, 0.15) is 6.04 Å². The minimum atomic E-state index is -0.0873. The first kappa shape index (κ1) is 14.7. The van der Waals surface area contributed by atoms with Crippen molar-refractivity contribution in [2.24, 2.45) is 5.41 Å². The molecule has 1 amide bonds. The Hall–Kier alpha value is -0.890. The van der Waals surface area contributed by atoms with Crippen molar-refractivity contribution in [3.05, 3.63) is 17.8 Å². The van der Waals surface area contributed by atoms with Crippen molar-refractivity contribution < 1.29 is 4.79 Å². The fourth-order valence-electron chi connectivity index (χ4n) is 3.40. The lowest BCUT2D eigenvalue weighted by molar-refractivity contribution is -0.120. The standard InChI is InChI=1S/C16H21IN4O/c1-11-7-12-14(18-8-11)20-6-5-19(17)9-13(20)15(22)21(12)10-16(2)3-4-16/h7-8,13H,3-6,9-10H2,1-2H3/t13-/m1/s1. The number of halogens is 1. The molecule has 0 aromatic carbocycles. The number of piperazine rings is 1. The van der Waals surface area contributed by atoms with Crippen molar-refractivity contribution in [2.75, 3.05) is 36.0 Å². The van der Waals surface area contributed by atoms with Crippen LogP contribution in [0, 0.1) is 12.3 Å². The molecule has 5 nitrogen and oxygen atoms in total. The van der Waals surface area contributed by atoms with Crippen molar-refractivity contribution in [1.29, 1.82) is 0 Å². The molecule has 4 rings (SSSR count). The Morgan fingerprint density at radius 3 is 2.91 bits per heavy atom. The second-order valence-electron chi connectivity index (χ2n) is 7.17. The van der Waals surface area contributed by atoms with Gasteiger partial charge in [-0.3, -0.25) is 4.79 Å². The molecule has 1 aliphatic carbocycles. The molecule has 1 aromatic heterocycles. The molecule has 1 aromatic rings. The highest BCUT2D eigenvalue weighted by atomic mass is 127. The number of carbonyl (C=O) groups is 1. The average Bonchev–Trinajstić information content (AvgIpc) is 3.21. The van der Waals surface area contributed by atoms with Crippen molar-refractivity contribution in [1.82, 2.24) is 8.10 Å². The molecule has 118 valence electrons. The maximum absolute atomic E-state index is 13.1. The molecule has 2 fully saturated rings. The second kappa shape index (κ2) is 5.06. The van der Waals surface area contributed by atoms with Crippen LogP contribution in [0.1, 0.15) is 25.3 Å². The van der Waals surface area contributed by atoms with E-state index in [1.165, 1.54) is 12.8 Å². The van der Waals surface area contributed by atoms with Crippen LogP contribution in [0.15, 0.2) is 12.3 Å². The molecule has 0 N–H and O–H groups in total. The van der Waals surface area contributed by atoms with Crippen molar-refractivity contribution >= 4 is 40.3 Å². The number of nitrogens with zero attached hydrogens (tertiary/aromatic N) is 4. The average molecular weight is 412 g/mol. The maximum atomic E-state index is 13.1. The Balaban J connectivity index is 1.77. The van der Waals surface area contributed by atoms with E-state index < -0.39 is 0 Å². The third kappa shape index (κ3) is 2.40. The lowest BCUT2D eigenvalue weighted by Gasteiger charge is -2.46. The number of aromatic nitrogens is 1. The predicted molar refractivity (Wildman–Crippen MR) is 95.4 cm³/mol. The summed E-state index contributed by atoms with van der Waals surface area (Å²) in [6.45, 7) is 7.77. The number of carbonyl (C=O) groups excluding carboxylic acids is 1. The highest BCUT2D eigenvalue weighted by Gasteiger charge is 2.46.